The molecule has 1 saturated heterocycles. The maximum absolute atomic E-state index is 13.0. The SMILES string of the molecule is COc1cc2c(cc1OC)CN([C@H]1CC(=O)N(c3ccc(Cl)cc3)C1=O)CC2. The first kappa shape index (κ1) is 18.8. The molecule has 4 rings (SSSR count). The van der Waals surface area contributed by atoms with Gasteiger partial charge in [-0.25, -0.2) is 4.90 Å². The minimum atomic E-state index is -0.454. The molecule has 0 bridgehead atoms. The number of fused-ring (bicyclic) bond motifs is 1. The Morgan fingerprint density at radius 1 is 1.00 bits per heavy atom. The summed E-state index contributed by atoms with van der Waals surface area (Å²) in [5.74, 6) is 1.00. The van der Waals surface area contributed by atoms with E-state index in [4.69, 9.17) is 21.1 Å². The van der Waals surface area contributed by atoms with Gasteiger partial charge in [0.25, 0.3) is 5.91 Å². The van der Waals surface area contributed by atoms with Gasteiger partial charge in [0.05, 0.1) is 32.4 Å². The van der Waals surface area contributed by atoms with E-state index in [1.54, 1.807) is 38.5 Å². The van der Waals surface area contributed by atoms with Gasteiger partial charge in [0.2, 0.25) is 5.91 Å². The van der Waals surface area contributed by atoms with Crippen molar-refractivity contribution in [2.45, 2.75) is 25.4 Å². The van der Waals surface area contributed by atoms with E-state index in [0.29, 0.717) is 35.3 Å². The molecule has 0 unspecified atom stereocenters. The second-order valence-corrected chi connectivity index (χ2v) is 7.40. The summed E-state index contributed by atoms with van der Waals surface area (Å²) >= 11 is 5.92. The van der Waals surface area contributed by atoms with E-state index in [1.165, 1.54) is 10.5 Å². The first-order valence-corrected chi connectivity index (χ1v) is 9.50. The predicted molar refractivity (Wildman–Crippen MR) is 106 cm³/mol. The van der Waals surface area contributed by atoms with E-state index in [2.05, 4.69) is 4.90 Å². The third kappa shape index (κ3) is 3.23. The molecule has 7 heteroatoms. The first-order valence-electron chi connectivity index (χ1n) is 9.12. The Labute approximate surface area is 168 Å². The van der Waals surface area contributed by atoms with Crippen LogP contribution in [-0.4, -0.2) is 43.5 Å². The molecular weight excluding hydrogens is 380 g/mol. The highest BCUT2D eigenvalue weighted by atomic mass is 35.5. The topological polar surface area (TPSA) is 59.1 Å². The molecule has 0 aromatic heterocycles. The Kier molecular flexibility index (Phi) is 5.00. The molecule has 2 heterocycles. The molecule has 1 fully saturated rings. The summed E-state index contributed by atoms with van der Waals surface area (Å²) < 4.78 is 10.8. The van der Waals surface area contributed by atoms with Crippen LogP contribution in [0.1, 0.15) is 17.5 Å². The summed E-state index contributed by atoms with van der Waals surface area (Å²) in [5.41, 5.74) is 2.83. The van der Waals surface area contributed by atoms with Crippen LogP contribution >= 0.6 is 11.6 Å². The van der Waals surface area contributed by atoms with Crippen LogP contribution in [-0.2, 0) is 22.6 Å². The minimum Gasteiger partial charge on any atom is -0.493 e. The number of carbonyl (C=O) groups excluding carboxylic acids is 2. The van der Waals surface area contributed by atoms with Gasteiger partial charge < -0.3 is 9.47 Å². The lowest BCUT2D eigenvalue weighted by molar-refractivity contribution is -0.123. The maximum atomic E-state index is 13.0. The number of carbonyl (C=O) groups is 2. The molecule has 6 nitrogen and oxygen atoms in total. The largest absolute Gasteiger partial charge is 0.493 e. The van der Waals surface area contributed by atoms with Gasteiger partial charge >= 0.3 is 0 Å². The normalized spacial score (nSPS) is 19.7. The number of anilines is 1. The molecule has 2 aliphatic rings. The van der Waals surface area contributed by atoms with Crippen LogP contribution in [0.4, 0.5) is 5.69 Å². The minimum absolute atomic E-state index is 0.184. The van der Waals surface area contributed by atoms with E-state index in [0.717, 1.165) is 12.0 Å². The summed E-state index contributed by atoms with van der Waals surface area (Å²) in [6.07, 6.45) is 0.971. The highest BCUT2D eigenvalue weighted by molar-refractivity contribution is 6.30. The Hall–Kier alpha value is -2.57. The molecule has 0 saturated carbocycles. The van der Waals surface area contributed by atoms with Crippen LogP contribution in [0.5, 0.6) is 11.5 Å². The lowest BCUT2D eigenvalue weighted by Gasteiger charge is -2.32. The highest BCUT2D eigenvalue weighted by Gasteiger charge is 2.43. The van der Waals surface area contributed by atoms with Crippen LogP contribution in [0.15, 0.2) is 36.4 Å². The number of methoxy groups -OCH3 is 2. The number of rotatable bonds is 4. The van der Waals surface area contributed by atoms with Crippen LogP contribution in [0.2, 0.25) is 5.02 Å². The van der Waals surface area contributed by atoms with Crippen molar-refractivity contribution in [1.82, 2.24) is 4.90 Å². The zero-order valence-electron chi connectivity index (χ0n) is 15.8. The van der Waals surface area contributed by atoms with Gasteiger partial charge in [0.1, 0.15) is 0 Å². The van der Waals surface area contributed by atoms with Crippen LogP contribution in [0.3, 0.4) is 0 Å². The molecule has 28 heavy (non-hydrogen) atoms. The van der Waals surface area contributed by atoms with E-state index in [1.807, 2.05) is 12.1 Å². The lowest BCUT2D eigenvalue weighted by Crippen LogP contribution is -2.44. The Morgan fingerprint density at radius 3 is 2.29 bits per heavy atom. The second kappa shape index (κ2) is 7.45. The number of halogens is 1. The highest BCUT2D eigenvalue weighted by Crippen LogP contribution is 2.35. The summed E-state index contributed by atoms with van der Waals surface area (Å²) in [4.78, 5) is 28.9. The van der Waals surface area contributed by atoms with Gasteiger partial charge in [0, 0.05) is 18.1 Å². The van der Waals surface area contributed by atoms with Crippen molar-refractivity contribution >= 4 is 29.1 Å². The third-order valence-corrected chi connectivity index (χ3v) is 5.65. The summed E-state index contributed by atoms with van der Waals surface area (Å²) in [6.45, 7) is 1.30. The summed E-state index contributed by atoms with van der Waals surface area (Å²) in [7, 11) is 3.22. The smallest absolute Gasteiger partial charge is 0.251 e. The first-order chi connectivity index (χ1) is 13.5. The van der Waals surface area contributed by atoms with Gasteiger partial charge in [-0.3, -0.25) is 14.5 Å². The fraction of sp³-hybridized carbons (Fsp3) is 0.333. The number of benzene rings is 2. The number of ether oxygens (including phenoxy) is 2. The average Bonchev–Trinajstić information content (AvgIpc) is 3.01. The van der Waals surface area contributed by atoms with Crippen molar-refractivity contribution in [1.29, 1.82) is 0 Å². The van der Waals surface area contributed by atoms with Crippen LogP contribution in [0, 0.1) is 0 Å². The summed E-state index contributed by atoms with van der Waals surface area (Å²) in [6, 6.07) is 10.3. The van der Waals surface area contributed by atoms with E-state index in [-0.39, 0.29) is 18.2 Å². The van der Waals surface area contributed by atoms with Crippen molar-refractivity contribution in [3.05, 3.63) is 52.5 Å². The number of nitrogens with zero attached hydrogens (tertiary/aromatic N) is 2. The Morgan fingerprint density at radius 2 is 1.64 bits per heavy atom. The zero-order chi connectivity index (χ0) is 19.8. The lowest BCUT2D eigenvalue weighted by atomic mass is 9.97. The molecule has 2 aromatic rings. The second-order valence-electron chi connectivity index (χ2n) is 6.96. The van der Waals surface area contributed by atoms with E-state index in [9.17, 15) is 9.59 Å². The van der Waals surface area contributed by atoms with Crippen molar-refractivity contribution in [2.75, 3.05) is 25.7 Å². The molecule has 2 amide bonds. The molecule has 2 aliphatic heterocycles. The molecule has 0 spiro atoms. The number of amides is 2. The van der Waals surface area contributed by atoms with Crippen molar-refractivity contribution < 1.29 is 19.1 Å². The molecule has 0 N–H and O–H groups in total. The Balaban J connectivity index is 1.57. The fourth-order valence-electron chi connectivity index (χ4n) is 3.93. The molecule has 0 radical (unpaired) electrons. The maximum Gasteiger partial charge on any atom is 0.251 e. The van der Waals surface area contributed by atoms with Crippen LogP contribution in [0.25, 0.3) is 0 Å². The number of hydrogen-bond donors (Lipinski definition) is 0. The van der Waals surface area contributed by atoms with Crippen molar-refractivity contribution in [3.8, 4) is 11.5 Å². The van der Waals surface area contributed by atoms with Crippen molar-refractivity contribution in [2.24, 2.45) is 0 Å². The average molecular weight is 401 g/mol. The van der Waals surface area contributed by atoms with Crippen LogP contribution < -0.4 is 14.4 Å². The quantitative estimate of drug-likeness (QED) is 0.738. The van der Waals surface area contributed by atoms with Gasteiger partial charge in [-0.15, -0.1) is 0 Å². The van der Waals surface area contributed by atoms with E-state index < -0.39 is 6.04 Å². The Bertz CT molecular complexity index is 929. The molecule has 1 atom stereocenters. The fourth-order valence-corrected chi connectivity index (χ4v) is 4.06. The zero-order valence-corrected chi connectivity index (χ0v) is 16.5. The molecule has 0 aliphatic carbocycles. The van der Waals surface area contributed by atoms with Crippen molar-refractivity contribution in [3.63, 3.8) is 0 Å². The van der Waals surface area contributed by atoms with Gasteiger partial charge in [-0.1, -0.05) is 11.6 Å². The van der Waals surface area contributed by atoms with Gasteiger partial charge in [-0.05, 0) is 53.9 Å². The molecular formula is C21H21ClN2O4. The van der Waals surface area contributed by atoms with Gasteiger partial charge in [0.15, 0.2) is 11.5 Å². The predicted octanol–water partition coefficient (Wildman–Crippen LogP) is 3.05. The monoisotopic (exact) mass is 400 g/mol. The third-order valence-electron chi connectivity index (χ3n) is 5.40. The molecule has 2 aromatic carbocycles. The van der Waals surface area contributed by atoms with Gasteiger partial charge in [-0.2, -0.15) is 0 Å². The summed E-state index contributed by atoms with van der Waals surface area (Å²) in [5, 5.41) is 0.566. The van der Waals surface area contributed by atoms with E-state index >= 15 is 0 Å². The standard InChI is InChI=1S/C21H21ClN2O4/c1-27-18-9-13-7-8-23(12-14(13)10-19(18)28-2)17-11-20(25)24(21(17)26)16-5-3-15(22)4-6-16/h3-6,9-10,17H,7-8,11-12H2,1-2H3/t17-/m0/s1. The number of hydrogen-bond acceptors (Lipinski definition) is 5. The number of imide groups is 1. The molecule has 146 valence electrons.